The zero-order chi connectivity index (χ0) is 26.1. The molecule has 0 bridgehead atoms. The fourth-order valence-electron chi connectivity index (χ4n) is 4.05. The van der Waals surface area contributed by atoms with E-state index in [1.54, 1.807) is 18.4 Å². The number of hydrogen-bond donors (Lipinski definition) is 0. The molecular weight excluding hydrogens is 608 g/mol. The van der Waals surface area contributed by atoms with Crippen LogP contribution in [0, 0.1) is 6.92 Å². The molecule has 0 N–H and O–H groups in total. The Bertz CT molecular complexity index is 1530. The topological polar surface area (TPSA) is 69.9 Å². The van der Waals surface area contributed by atoms with Gasteiger partial charge in [-0.3, -0.25) is 9.36 Å². The Kier molecular flexibility index (Phi) is 8.02. The first-order valence-corrected chi connectivity index (χ1v) is 13.9. The number of thiazole rings is 1. The van der Waals surface area contributed by atoms with Crippen LogP contribution in [0.4, 0.5) is 0 Å². The molecule has 3 aromatic rings. The van der Waals surface area contributed by atoms with Crippen molar-refractivity contribution in [2.45, 2.75) is 46.8 Å². The highest BCUT2D eigenvalue weighted by molar-refractivity contribution is 9.11. The van der Waals surface area contributed by atoms with Gasteiger partial charge in [-0.2, -0.15) is 0 Å². The van der Waals surface area contributed by atoms with E-state index in [0.717, 1.165) is 20.1 Å². The summed E-state index contributed by atoms with van der Waals surface area (Å²) in [7, 11) is 0. The molecule has 0 aliphatic carbocycles. The van der Waals surface area contributed by atoms with Gasteiger partial charge >= 0.3 is 5.97 Å². The average molecular weight is 634 g/mol. The number of para-hydroxylation sites is 1. The third-order valence-corrected chi connectivity index (χ3v) is 8.32. The smallest absolute Gasteiger partial charge is 0.338 e. The van der Waals surface area contributed by atoms with Crippen molar-refractivity contribution >= 4 is 55.2 Å². The van der Waals surface area contributed by atoms with Gasteiger partial charge in [-0.15, -0.1) is 0 Å². The summed E-state index contributed by atoms with van der Waals surface area (Å²) in [6, 6.07) is 10.7. The van der Waals surface area contributed by atoms with Gasteiger partial charge in [0.1, 0.15) is 11.8 Å². The molecule has 1 atom stereocenters. The molecule has 0 fully saturated rings. The van der Waals surface area contributed by atoms with E-state index in [-0.39, 0.29) is 18.3 Å². The summed E-state index contributed by atoms with van der Waals surface area (Å²) in [4.78, 5) is 32.2. The van der Waals surface area contributed by atoms with Gasteiger partial charge in [0, 0.05) is 14.5 Å². The molecule has 2 heterocycles. The molecule has 0 saturated heterocycles. The first kappa shape index (κ1) is 26.6. The number of aromatic nitrogens is 1. The highest BCUT2D eigenvalue weighted by Crippen LogP contribution is 2.36. The predicted octanol–water partition coefficient (Wildman–Crippen LogP) is 5.42. The molecule has 0 amide bonds. The fraction of sp³-hybridized carbons (Fsp3) is 0.296. The lowest BCUT2D eigenvalue weighted by Crippen LogP contribution is -2.40. The summed E-state index contributed by atoms with van der Waals surface area (Å²) in [5, 5.41) is 0. The molecule has 0 saturated carbocycles. The van der Waals surface area contributed by atoms with Gasteiger partial charge in [0.05, 0.1) is 28.5 Å². The second-order valence-electron chi connectivity index (χ2n) is 8.62. The van der Waals surface area contributed by atoms with E-state index in [9.17, 15) is 9.59 Å². The summed E-state index contributed by atoms with van der Waals surface area (Å²) in [5.41, 5.74) is 3.27. The van der Waals surface area contributed by atoms with Crippen LogP contribution >= 0.6 is 43.2 Å². The van der Waals surface area contributed by atoms with Crippen molar-refractivity contribution in [3.05, 3.63) is 93.0 Å². The Morgan fingerprint density at radius 3 is 2.50 bits per heavy atom. The van der Waals surface area contributed by atoms with E-state index in [1.165, 1.54) is 11.3 Å². The Balaban J connectivity index is 1.99. The van der Waals surface area contributed by atoms with Crippen molar-refractivity contribution in [3.63, 3.8) is 0 Å². The van der Waals surface area contributed by atoms with Crippen LogP contribution in [0.5, 0.6) is 5.75 Å². The van der Waals surface area contributed by atoms with Gasteiger partial charge in [-0.25, -0.2) is 9.79 Å². The van der Waals surface area contributed by atoms with E-state index in [0.29, 0.717) is 31.9 Å². The highest BCUT2D eigenvalue weighted by atomic mass is 79.9. The molecule has 0 spiro atoms. The number of esters is 1. The maximum Gasteiger partial charge on any atom is 0.338 e. The number of hydrogen-bond acceptors (Lipinski definition) is 6. The number of nitrogens with zero attached hydrogens (tertiary/aromatic N) is 2. The van der Waals surface area contributed by atoms with Gasteiger partial charge in [0.15, 0.2) is 4.80 Å². The maximum atomic E-state index is 13.8. The summed E-state index contributed by atoms with van der Waals surface area (Å²) in [6.07, 6.45) is 1.76. The molecule has 6 nitrogen and oxygen atoms in total. The van der Waals surface area contributed by atoms with Crippen molar-refractivity contribution < 1.29 is 14.3 Å². The number of fused-ring (bicyclic) bond motifs is 1. The van der Waals surface area contributed by atoms with Crippen molar-refractivity contribution in [1.29, 1.82) is 0 Å². The molecule has 4 rings (SSSR count). The van der Waals surface area contributed by atoms with E-state index in [1.807, 2.05) is 63.2 Å². The quantitative estimate of drug-likeness (QED) is 0.340. The molecule has 0 radical (unpaired) electrons. The van der Waals surface area contributed by atoms with Gasteiger partial charge in [-0.1, -0.05) is 61.4 Å². The van der Waals surface area contributed by atoms with Gasteiger partial charge in [0.25, 0.3) is 5.56 Å². The highest BCUT2D eigenvalue weighted by Gasteiger charge is 2.35. The van der Waals surface area contributed by atoms with Crippen LogP contribution < -0.4 is 19.6 Å². The minimum absolute atomic E-state index is 0.0865. The number of halogens is 2. The van der Waals surface area contributed by atoms with Crippen LogP contribution in [0.25, 0.3) is 6.08 Å². The number of benzene rings is 2. The van der Waals surface area contributed by atoms with Crippen LogP contribution in [-0.2, 0) is 9.53 Å². The molecule has 9 heteroatoms. The monoisotopic (exact) mass is 632 g/mol. The van der Waals surface area contributed by atoms with Crippen molar-refractivity contribution in [1.82, 2.24) is 4.57 Å². The fourth-order valence-corrected chi connectivity index (χ4v) is 6.32. The van der Waals surface area contributed by atoms with Crippen LogP contribution in [0.3, 0.4) is 0 Å². The molecule has 188 valence electrons. The summed E-state index contributed by atoms with van der Waals surface area (Å²) >= 11 is 8.45. The number of carbonyl (C=O) groups is 1. The van der Waals surface area contributed by atoms with Crippen molar-refractivity contribution in [2.24, 2.45) is 4.99 Å². The predicted molar refractivity (Wildman–Crippen MR) is 149 cm³/mol. The van der Waals surface area contributed by atoms with Crippen LogP contribution in [0.15, 0.2) is 66.4 Å². The first-order chi connectivity index (χ1) is 17.1. The Hall–Kier alpha value is -2.49. The summed E-state index contributed by atoms with van der Waals surface area (Å²) in [5.74, 6) is 0.110. The van der Waals surface area contributed by atoms with E-state index in [4.69, 9.17) is 9.47 Å². The molecule has 0 unspecified atom stereocenters. The SMILES string of the molecule is CCOC(=O)C1=C(C)N=c2s/c(=C\c3cc(Br)c(C)c(Br)c3)c(=O)n2[C@H]1c1ccccc1OC(C)C. The summed E-state index contributed by atoms with van der Waals surface area (Å²) in [6.45, 7) is 9.62. The van der Waals surface area contributed by atoms with Crippen LogP contribution in [0.1, 0.15) is 50.4 Å². The lowest BCUT2D eigenvalue weighted by Gasteiger charge is -2.26. The minimum atomic E-state index is -0.728. The van der Waals surface area contributed by atoms with Crippen molar-refractivity contribution in [3.8, 4) is 5.75 Å². The maximum absolute atomic E-state index is 13.8. The standard InChI is InChI=1S/C27H26Br2N2O4S/c1-6-34-26(33)23-16(5)30-27-31(24(23)18-9-7-8-10-21(18)35-14(2)3)25(32)22(36-27)13-17-11-19(28)15(4)20(29)12-17/h7-14,24H,6H2,1-5H3/b22-13-/t24-/m0/s1. The van der Waals surface area contributed by atoms with E-state index >= 15 is 0 Å². The van der Waals surface area contributed by atoms with Gasteiger partial charge in [0.2, 0.25) is 0 Å². The number of rotatable bonds is 6. The van der Waals surface area contributed by atoms with E-state index < -0.39 is 12.0 Å². The van der Waals surface area contributed by atoms with Gasteiger partial charge < -0.3 is 9.47 Å². The molecule has 36 heavy (non-hydrogen) atoms. The molecular formula is C27H26Br2N2O4S. The third-order valence-electron chi connectivity index (χ3n) is 5.69. The normalized spacial score (nSPS) is 15.7. The van der Waals surface area contributed by atoms with E-state index in [2.05, 4.69) is 36.9 Å². The number of carbonyl (C=O) groups excluding carboxylic acids is 1. The molecule has 1 aliphatic heterocycles. The lowest BCUT2D eigenvalue weighted by atomic mass is 9.95. The zero-order valence-corrected chi connectivity index (χ0v) is 24.6. The molecule has 1 aromatic heterocycles. The first-order valence-electron chi connectivity index (χ1n) is 11.5. The Labute approximate surface area is 230 Å². The molecule has 2 aromatic carbocycles. The van der Waals surface area contributed by atoms with Crippen molar-refractivity contribution in [2.75, 3.05) is 6.61 Å². The van der Waals surface area contributed by atoms with Crippen LogP contribution in [0.2, 0.25) is 0 Å². The molecule has 1 aliphatic rings. The summed E-state index contributed by atoms with van der Waals surface area (Å²) < 4.78 is 15.4. The minimum Gasteiger partial charge on any atom is -0.491 e. The second kappa shape index (κ2) is 10.9. The number of allylic oxidation sites excluding steroid dienone is 1. The lowest BCUT2D eigenvalue weighted by molar-refractivity contribution is -0.139. The number of ether oxygens (including phenoxy) is 2. The third kappa shape index (κ3) is 5.14. The Morgan fingerprint density at radius 2 is 1.86 bits per heavy atom. The average Bonchev–Trinajstić information content (AvgIpc) is 3.11. The zero-order valence-electron chi connectivity index (χ0n) is 20.6. The van der Waals surface area contributed by atoms with Crippen LogP contribution in [-0.4, -0.2) is 23.2 Å². The van der Waals surface area contributed by atoms with Gasteiger partial charge in [-0.05, 0) is 70.0 Å². The largest absolute Gasteiger partial charge is 0.491 e. The second-order valence-corrected chi connectivity index (χ2v) is 11.3. The Morgan fingerprint density at radius 1 is 1.19 bits per heavy atom.